The first-order valence-electron chi connectivity index (χ1n) is 11.0. The molecule has 0 bridgehead atoms. The van der Waals surface area contributed by atoms with Crippen LogP contribution in [0.15, 0.2) is 57.1 Å². The van der Waals surface area contributed by atoms with Gasteiger partial charge >= 0.3 is 5.69 Å². The van der Waals surface area contributed by atoms with Crippen molar-refractivity contribution in [1.82, 2.24) is 19.1 Å². The Bertz CT molecular complexity index is 1610. The molecule has 2 heterocycles. The Morgan fingerprint density at radius 2 is 1.70 bits per heavy atom. The van der Waals surface area contributed by atoms with Crippen LogP contribution in [0, 0.1) is 0 Å². The van der Waals surface area contributed by atoms with Crippen molar-refractivity contribution in [2.45, 2.75) is 5.03 Å². The highest BCUT2D eigenvalue weighted by Gasteiger charge is 2.20. The molecule has 0 saturated carbocycles. The standard InChI is InChI=1S/C25H25N5O6S/c1-29-22-20(24(32)30(2)25(29)33)23(37-13-19(31)26-15-7-6-8-16(12-15)34-3)28-21(27-22)14-9-10-17(35-4)18(11-14)36-5/h6-12H,13H2,1-5H3,(H,26,31). The molecule has 0 aliphatic rings. The number of nitrogens with zero attached hydrogens (tertiary/aromatic N) is 4. The van der Waals surface area contributed by atoms with Gasteiger partial charge < -0.3 is 19.5 Å². The van der Waals surface area contributed by atoms with Gasteiger partial charge in [-0.3, -0.25) is 18.7 Å². The second kappa shape index (κ2) is 10.7. The molecule has 1 N–H and O–H groups in total. The first kappa shape index (κ1) is 25.8. The van der Waals surface area contributed by atoms with E-state index in [1.807, 2.05) is 0 Å². The fourth-order valence-corrected chi connectivity index (χ4v) is 4.48. The number of methoxy groups -OCH3 is 3. The zero-order valence-corrected chi connectivity index (χ0v) is 21.7. The van der Waals surface area contributed by atoms with Gasteiger partial charge in [0.15, 0.2) is 23.0 Å². The van der Waals surface area contributed by atoms with Gasteiger partial charge in [0.2, 0.25) is 5.91 Å². The summed E-state index contributed by atoms with van der Waals surface area (Å²) in [5.41, 5.74) is 0.231. The molecule has 0 radical (unpaired) electrons. The highest BCUT2D eigenvalue weighted by Crippen LogP contribution is 2.33. The predicted octanol–water partition coefficient (Wildman–Crippen LogP) is 2.45. The van der Waals surface area contributed by atoms with Crippen LogP contribution in [-0.4, -0.2) is 52.1 Å². The average Bonchev–Trinajstić information content (AvgIpc) is 2.92. The number of anilines is 1. The molecule has 0 spiro atoms. The van der Waals surface area contributed by atoms with Gasteiger partial charge in [0.25, 0.3) is 5.56 Å². The predicted molar refractivity (Wildman–Crippen MR) is 141 cm³/mol. The Labute approximate surface area is 216 Å². The fraction of sp³-hybridized carbons (Fsp3) is 0.240. The molecule has 12 heteroatoms. The summed E-state index contributed by atoms with van der Waals surface area (Å²) in [4.78, 5) is 47.5. The van der Waals surface area contributed by atoms with Crippen LogP contribution >= 0.6 is 11.8 Å². The number of thioether (sulfide) groups is 1. The SMILES string of the molecule is COc1cccc(NC(=O)CSc2nc(-c3ccc(OC)c(OC)c3)nc3c2c(=O)n(C)c(=O)n3C)c1. The molecule has 192 valence electrons. The number of aromatic nitrogens is 4. The van der Waals surface area contributed by atoms with Gasteiger partial charge in [-0.15, -0.1) is 0 Å². The number of ether oxygens (including phenoxy) is 3. The van der Waals surface area contributed by atoms with Crippen molar-refractivity contribution in [3.05, 3.63) is 63.3 Å². The van der Waals surface area contributed by atoms with E-state index in [2.05, 4.69) is 15.3 Å². The van der Waals surface area contributed by atoms with Crippen LogP contribution in [-0.2, 0) is 18.9 Å². The largest absolute Gasteiger partial charge is 0.497 e. The molecule has 0 aliphatic carbocycles. The van der Waals surface area contributed by atoms with E-state index in [-0.39, 0.29) is 33.5 Å². The second-order valence-electron chi connectivity index (χ2n) is 7.90. The maximum absolute atomic E-state index is 13.1. The normalized spacial score (nSPS) is 10.8. The molecule has 4 rings (SSSR count). The van der Waals surface area contributed by atoms with Gasteiger partial charge in [-0.25, -0.2) is 14.8 Å². The zero-order valence-electron chi connectivity index (χ0n) is 20.9. The monoisotopic (exact) mass is 523 g/mol. The van der Waals surface area contributed by atoms with Crippen LogP contribution in [0.1, 0.15) is 0 Å². The van der Waals surface area contributed by atoms with E-state index in [0.717, 1.165) is 16.3 Å². The number of carbonyl (C=O) groups excluding carboxylic acids is 1. The third kappa shape index (κ3) is 5.14. The maximum Gasteiger partial charge on any atom is 0.332 e. The number of benzene rings is 2. The molecule has 2 aromatic heterocycles. The molecule has 37 heavy (non-hydrogen) atoms. The third-order valence-corrected chi connectivity index (χ3v) is 6.58. The Morgan fingerprint density at radius 1 is 0.946 bits per heavy atom. The minimum Gasteiger partial charge on any atom is -0.497 e. The minimum atomic E-state index is -0.548. The summed E-state index contributed by atoms with van der Waals surface area (Å²) in [5, 5.41) is 3.22. The van der Waals surface area contributed by atoms with Crippen molar-refractivity contribution in [1.29, 1.82) is 0 Å². The van der Waals surface area contributed by atoms with Crippen molar-refractivity contribution in [2.75, 3.05) is 32.4 Å². The van der Waals surface area contributed by atoms with E-state index in [4.69, 9.17) is 14.2 Å². The summed E-state index contributed by atoms with van der Waals surface area (Å²) in [6.07, 6.45) is 0. The van der Waals surface area contributed by atoms with Crippen molar-refractivity contribution < 1.29 is 19.0 Å². The average molecular weight is 524 g/mol. The van der Waals surface area contributed by atoms with Crippen LogP contribution in [0.25, 0.3) is 22.4 Å². The summed E-state index contributed by atoms with van der Waals surface area (Å²) >= 11 is 1.07. The number of hydrogen-bond acceptors (Lipinski definition) is 9. The van der Waals surface area contributed by atoms with E-state index >= 15 is 0 Å². The molecule has 11 nitrogen and oxygen atoms in total. The maximum atomic E-state index is 13.1. The molecule has 0 aliphatic heterocycles. The Hall–Kier alpha value is -4.32. The highest BCUT2D eigenvalue weighted by atomic mass is 32.2. The van der Waals surface area contributed by atoms with Gasteiger partial charge in [-0.1, -0.05) is 17.8 Å². The van der Waals surface area contributed by atoms with E-state index in [1.165, 1.54) is 32.9 Å². The summed E-state index contributed by atoms with van der Waals surface area (Å²) < 4.78 is 18.2. The number of fused-ring (bicyclic) bond motifs is 1. The Morgan fingerprint density at radius 3 is 2.41 bits per heavy atom. The van der Waals surface area contributed by atoms with E-state index in [1.54, 1.807) is 49.6 Å². The summed E-state index contributed by atoms with van der Waals surface area (Å²) in [6, 6.07) is 12.1. The number of aryl methyl sites for hydroxylation is 1. The smallest absolute Gasteiger partial charge is 0.332 e. The topological polar surface area (TPSA) is 127 Å². The van der Waals surface area contributed by atoms with Crippen LogP contribution < -0.4 is 30.8 Å². The molecule has 4 aromatic rings. The van der Waals surface area contributed by atoms with Crippen molar-refractivity contribution >= 4 is 34.4 Å². The Balaban J connectivity index is 1.77. The summed E-state index contributed by atoms with van der Waals surface area (Å²) in [7, 11) is 7.50. The van der Waals surface area contributed by atoms with Crippen molar-refractivity contribution in [3.63, 3.8) is 0 Å². The lowest BCUT2D eigenvalue weighted by atomic mass is 10.2. The zero-order chi connectivity index (χ0) is 26.7. The van der Waals surface area contributed by atoms with Gasteiger partial charge in [0.05, 0.1) is 27.1 Å². The molecule has 0 unspecified atom stereocenters. The van der Waals surface area contributed by atoms with Gasteiger partial charge in [-0.2, -0.15) is 0 Å². The third-order valence-electron chi connectivity index (χ3n) is 5.60. The molecular weight excluding hydrogens is 498 g/mol. The molecule has 0 atom stereocenters. The lowest BCUT2D eigenvalue weighted by Crippen LogP contribution is -2.37. The molecule has 1 amide bonds. The van der Waals surface area contributed by atoms with E-state index in [9.17, 15) is 14.4 Å². The fourth-order valence-electron chi connectivity index (χ4n) is 3.67. The first-order chi connectivity index (χ1) is 17.8. The summed E-state index contributed by atoms with van der Waals surface area (Å²) in [5.74, 6) is 1.51. The molecule has 0 saturated heterocycles. The van der Waals surface area contributed by atoms with E-state index in [0.29, 0.717) is 28.5 Å². The number of hydrogen-bond donors (Lipinski definition) is 1. The van der Waals surface area contributed by atoms with Crippen LogP contribution in [0.3, 0.4) is 0 Å². The number of rotatable bonds is 8. The lowest BCUT2D eigenvalue weighted by Gasteiger charge is -2.13. The van der Waals surface area contributed by atoms with Crippen molar-refractivity contribution in [2.24, 2.45) is 14.1 Å². The van der Waals surface area contributed by atoms with Crippen LogP contribution in [0.2, 0.25) is 0 Å². The van der Waals surface area contributed by atoms with E-state index < -0.39 is 11.2 Å². The highest BCUT2D eigenvalue weighted by molar-refractivity contribution is 8.00. The molecule has 2 aromatic carbocycles. The molecule has 0 fully saturated rings. The number of amides is 1. The van der Waals surface area contributed by atoms with Gasteiger partial charge in [0.1, 0.15) is 16.2 Å². The Kier molecular flexibility index (Phi) is 7.48. The van der Waals surface area contributed by atoms with Gasteiger partial charge in [-0.05, 0) is 30.3 Å². The second-order valence-corrected chi connectivity index (χ2v) is 8.86. The van der Waals surface area contributed by atoms with Gasteiger partial charge in [0, 0.05) is 31.4 Å². The van der Waals surface area contributed by atoms with Crippen LogP contribution in [0.4, 0.5) is 5.69 Å². The molecular formula is C25H25N5O6S. The number of carbonyl (C=O) groups is 1. The van der Waals surface area contributed by atoms with Crippen molar-refractivity contribution in [3.8, 4) is 28.6 Å². The quantitative estimate of drug-likeness (QED) is 0.274. The number of nitrogens with one attached hydrogen (secondary N) is 1. The summed E-state index contributed by atoms with van der Waals surface area (Å²) in [6.45, 7) is 0. The van der Waals surface area contributed by atoms with Crippen LogP contribution in [0.5, 0.6) is 17.2 Å². The first-order valence-corrected chi connectivity index (χ1v) is 12.0. The minimum absolute atomic E-state index is 0.0410. The lowest BCUT2D eigenvalue weighted by molar-refractivity contribution is -0.113.